The van der Waals surface area contributed by atoms with E-state index in [4.69, 9.17) is 4.74 Å². The molecular weight excluding hydrogens is 460 g/mol. The number of anilines is 1. The summed E-state index contributed by atoms with van der Waals surface area (Å²) < 4.78 is 7.21. The van der Waals surface area contributed by atoms with Gasteiger partial charge in [-0.15, -0.1) is 10.2 Å². The van der Waals surface area contributed by atoms with E-state index < -0.39 is 0 Å². The number of carbonyl (C=O) groups excluding carboxylic acids is 2. The summed E-state index contributed by atoms with van der Waals surface area (Å²) in [6.07, 6.45) is 1.26. The van der Waals surface area contributed by atoms with Gasteiger partial charge in [0.2, 0.25) is 5.91 Å². The molecule has 3 aromatic carbocycles. The van der Waals surface area contributed by atoms with Gasteiger partial charge in [0.25, 0.3) is 0 Å². The van der Waals surface area contributed by atoms with Crippen molar-refractivity contribution >= 4 is 29.1 Å². The molecule has 1 heterocycles. The number of amides is 1. The first-order chi connectivity index (χ1) is 17.1. The maximum atomic E-state index is 12.9. The third kappa shape index (κ3) is 5.96. The standard InChI is InChI=1S/C27H26N4O3S/c1-3-7-25(33)28-21-14-10-19(11-15-21)24(32)18-35-27-30-29-26(20-12-16-23(34-2)17-13-20)31(27)22-8-5-4-6-9-22/h4-6,8-17H,3,7,18H2,1-2H3,(H,28,33). The van der Waals surface area contributed by atoms with Crippen LogP contribution >= 0.6 is 11.8 Å². The Bertz CT molecular complexity index is 1290. The van der Waals surface area contributed by atoms with Crippen molar-refractivity contribution in [3.63, 3.8) is 0 Å². The number of rotatable bonds is 10. The SMILES string of the molecule is CCCC(=O)Nc1ccc(C(=O)CSc2nnc(-c3ccc(OC)cc3)n2-c2ccccc2)cc1. The number of aromatic nitrogens is 3. The first-order valence-electron chi connectivity index (χ1n) is 11.3. The molecule has 0 aliphatic rings. The maximum Gasteiger partial charge on any atom is 0.224 e. The molecule has 4 rings (SSSR count). The third-order valence-electron chi connectivity index (χ3n) is 5.30. The zero-order valence-corrected chi connectivity index (χ0v) is 20.4. The molecule has 0 saturated heterocycles. The van der Waals surface area contributed by atoms with Gasteiger partial charge in [-0.1, -0.05) is 36.9 Å². The van der Waals surface area contributed by atoms with E-state index in [0.717, 1.165) is 23.4 Å². The average molecular weight is 487 g/mol. The second-order valence-electron chi connectivity index (χ2n) is 7.79. The number of para-hydroxylation sites is 1. The number of Topliss-reactive ketones (excluding diaryl/α,β-unsaturated/α-hetero) is 1. The molecule has 0 atom stereocenters. The van der Waals surface area contributed by atoms with Crippen LogP contribution in [0.3, 0.4) is 0 Å². The van der Waals surface area contributed by atoms with Crippen LogP contribution in [0.5, 0.6) is 5.75 Å². The van der Waals surface area contributed by atoms with Crippen LogP contribution in [0.2, 0.25) is 0 Å². The molecule has 1 aromatic heterocycles. The fourth-order valence-electron chi connectivity index (χ4n) is 3.50. The van der Waals surface area contributed by atoms with E-state index in [1.807, 2.05) is 66.1 Å². The molecular formula is C27H26N4O3S. The van der Waals surface area contributed by atoms with Gasteiger partial charge in [-0.3, -0.25) is 14.2 Å². The van der Waals surface area contributed by atoms with E-state index in [0.29, 0.717) is 28.7 Å². The van der Waals surface area contributed by atoms with Crippen LogP contribution in [0.4, 0.5) is 5.69 Å². The van der Waals surface area contributed by atoms with E-state index in [9.17, 15) is 9.59 Å². The van der Waals surface area contributed by atoms with Gasteiger partial charge in [0.1, 0.15) is 5.75 Å². The van der Waals surface area contributed by atoms with E-state index in [-0.39, 0.29) is 17.4 Å². The Morgan fingerprint density at radius 3 is 2.31 bits per heavy atom. The van der Waals surface area contributed by atoms with Crippen molar-refractivity contribution in [3.8, 4) is 22.8 Å². The summed E-state index contributed by atoms with van der Waals surface area (Å²) in [5, 5.41) is 12.3. The molecule has 35 heavy (non-hydrogen) atoms. The Balaban J connectivity index is 1.52. The Morgan fingerprint density at radius 2 is 1.66 bits per heavy atom. The van der Waals surface area contributed by atoms with Crippen LogP contribution < -0.4 is 10.1 Å². The fraction of sp³-hybridized carbons (Fsp3) is 0.185. The summed E-state index contributed by atoms with van der Waals surface area (Å²) in [6.45, 7) is 1.96. The number of benzene rings is 3. The minimum atomic E-state index is -0.0324. The fourth-order valence-corrected chi connectivity index (χ4v) is 4.35. The Hall–Kier alpha value is -3.91. The Kier molecular flexibility index (Phi) is 7.95. The lowest BCUT2D eigenvalue weighted by atomic mass is 10.1. The summed E-state index contributed by atoms with van der Waals surface area (Å²) in [5.74, 6) is 1.58. The highest BCUT2D eigenvalue weighted by Crippen LogP contribution is 2.29. The lowest BCUT2D eigenvalue weighted by Crippen LogP contribution is -2.11. The van der Waals surface area contributed by atoms with Crippen LogP contribution in [0, 0.1) is 0 Å². The molecule has 0 fully saturated rings. The number of methoxy groups -OCH3 is 1. The third-order valence-corrected chi connectivity index (χ3v) is 6.22. The predicted octanol–water partition coefficient (Wildman–Crippen LogP) is 5.66. The number of ether oxygens (including phenoxy) is 1. The summed E-state index contributed by atoms with van der Waals surface area (Å²) in [6, 6.07) is 24.4. The van der Waals surface area contributed by atoms with Gasteiger partial charge in [0, 0.05) is 28.9 Å². The normalized spacial score (nSPS) is 10.7. The van der Waals surface area contributed by atoms with Crippen molar-refractivity contribution in [1.82, 2.24) is 14.8 Å². The Labute approximate surface area is 208 Å². The Morgan fingerprint density at radius 1 is 0.943 bits per heavy atom. The van der Waals surface area contributed by atoms with Crippen molar-refractivity contribution in [2.24, 2.45) is 0 Å². The molecule has 0 radical (unpaired) electrons. The maximum absolute atomic E-state index is 12.9. The minimum Gasteiger partial charge on any atom is -0.497 e. The number of thioether (sulfide) groups is 1. The van der Waals surface area contributed by atoms with Gasteiger partial charge < -0.3 is 10.1 Å². The monoisotopic (exact) mass is 486 g/mol. The van der Waals surface area contributed by atoms with E-state index in [2.05, 4.69) is 15.5 Å². The van der Waals surface area contributed by atoms with Gasteiger partial charge >= 0.3 is 0 Å². The molecule has 4 aromatic rings. The van der Waals surface area contributed by atoms with E-state index in [1.165, 1.54) is 11.8 Å². The number of nitrogens with one attached hydrogen (secondary N) is 1. The highest BCUT2D eigenvalue weighted by atomic mass is 32.2. The molecule has 0 aliphatic heterocycles. The number of carbonyl (C=O) groups is 2. The zero-order chi connectivity index (χ0) is 24.6. The first-order valence-corrected chi connectivity index (χ1v) is 12.3. The molecule has 0 aliphatic carbocycles. The topological polar surface area (TPSA) is 86.1 Å². The molecule has 8 heteroatoms. The van der Waals surface area contributed by atoms with Crippen LogP contribution in [0.1, 0.15) is 30.1 Å². The summed E-state index contributed by atoms with van der Waals surface area (Å²) in [7, 11) is 1.63. The van der Waals surface area contributed by atoms with Crippen molar-refractivity contribution in [1.29, 1.82) is 0 Å². The van der Waals surface area contributed by atoms with E-state index in [1.54, 1.807) is 31.4 Å². The smallest absolute Gasteiger partial charge is 0.224 e. The second kappa shape index (κ2) is 11.5. The molecule has 178 valence electrons. The van der Waals surface area contributed by atoms with E-state index >= 15 is 0 Å². The largest absolute Gasteiger partial charge is 0.497 e. The van der Waals surface area contributed by atoms with Crippen LogP contribution in [-0.4, -0.2) is 39.3 Å². The van der Waals surface area contributed by atoms with Crippen LogP contribution in [-0.2, 0) is 4.79 Å². The second-order valence-corrected chi connectivity index (χ2v) is 8.74. The van der Waals surface area contributed by atoms with Crippen LogP contribution in [0.15, 0.2) is 84.0 Å². The molecule has 0 saturated carbocycles. The van der Waals surface area contributed by atoms with Crippen LogP contribution in [0.25, 0.3) is 17.1 Å². The van der Waals surface area contributed by atoms with Gasteiger partial charge in [-0.2, -0.15) is 0 Å². The summed E-state index contributed by atoms with van der Waals surface area (Å²) in [4.78, 5) is 24.6. The summed E-state index contributed by atoms with van der Waals surface area (Å²) >= 11 is 1.33. The first kappa shape index (κ1) is 24.2. The predicted molar refractivity (Wildman–Crippen MR) is 138 cm³/mol. The van der Waals surface area contributed by atoms with Crippen molar-refractivity contribution < 1.29 is 14.3 Å². The number of nitrogens with zero attached hydrogens (tertiary/aromatic N) is 3. The molecule has 7 nitrogen and oxygen atoms in total. The molecule has 0 spiro atoms. The van der Waals surface area contributed by atoms with Crippen molar-refractivity contribution in [3.05, 3.63) is 84.4 Å². The lowest BCUT2D eigenvalue weighted by molar-refractivity contribution is -0.116. The molecule has 1 N–H and O–H groups in total. The molecule has 1 amide bonds. The number of ketones is 1. The van der Waals surface area contributed by atoms with Gasteiger partial charge in [-0.05, 0) is 67.1 Å². The van der Waals surface area contributed by atoms with Gasteiger partial charge in [0.15, 0.2) is 16.8 Å². The number of hydrogen-bond acceptors (Lipinski definition) is 6. The van der Waals surface area contributed by atoms with Gasteiger partial charge in [0.05, 0.1) is 12.9 Å². The quantitative estimate of drug-likeness (QED) is 0.230. The highest BCUT2D eigenvalue weighted by molar-refractivity contribution is 7.99. The summed E-state index contributed by atoms with van der Waals surface area (Å²) in [5.41, 5.74) is 3.05. The number of hydrogen-bond donors (Lipinski definition) is 1. The van der Waals surface area contributed by atoms with Crippen molar-refractivity contribution in [2.45, 2.75) is 24.9 Å². The van der Waals surface area contributed by atoms with Crippen molar-refractivity contribution in [2.75, 3.05) is 18.2 Å². The zero-order valence-electron chi connectivity index (χ0n) is 19.6. The van der Waals surface area contributed by atoms with Gasteiger partial charge in [-0.25, -0.2) is 0 Å². The minimum absolute atomic E-state index is 0.0324. The lowest BCUT2D eigenvalue weighted by Gasteiger charge is -2.11. The molecule has 0 unspecified atom stereocenters. The molecule has 0 bridgehead atoms. The highest BCUT2D eigenvalue weighted by Gasteiger charge is 2.18. The average Bonchev–Trinajstić information content (AvgIpc) is 3.32.